The molecule has 0 aliphatic heterocycles. The molecule has 2 aromatic carbocycles. The van der Waals surface area contributed by atoms with Crippen molar-refractivity contribution < 1.29 is 13.6 Å². The molecule has 4 rings (SSSR count). The van der Waals surface area contributed by atoms with Crippen molar-refractivity contribution in [1.82, 2.24) is 20.1 Å². The Hall–Kier alpha value is -3.39. The Bertz CT molecular complexity index is 1130. The molecule has 158 valence electrons. The molecule has 0 fully saturated rings. The average Bonchev–Trinajstić information content (AvgIpc) is 3.44. The third-order valence-corrected chi connectivity index (χ3v) is 5.70. The first-order valence-electron chi connectivity index (χ1n) is 9.81. The molecule has 6 nitrogen and oxygen atoms in total. The fourth-order valence-corrected chi connectivity index (χ4v) is 3.97. The quantitative estimate of drug-likeness (QED) is 0.415. The van der Waals surface area contributed by atoms with Gasteiger partial charge in [-0.15, -0.1) is 10.2 Å². The minimum Gasteiger partial charge on any atom is -0.467 e. The summed E-state index contributed by atoms with van der Waals surface area (Å²) in [6.45, 7) is 2.13. The number of hydrogen-bond acceptors (Lipinski definition) is 5. The first-order chi connectivity index (χ1) is 15.1. The highest BCUT2D eigenvalue weighted by Crippen LogP contribution is 2.27. The van der Waals surface area contributed by atoms with Crippen LogP contribution in [0.15, 0.2) is 82.6 Å². The maximum atomic E-state index is 13.5. The van der Waals surface area contributed by atoms with Crippen LogP contribution in [0.5, 0.6) is 0 Å². The van der Waals surface area contributed by atoms with Gasteiger partial charge in [0.1, 0.15) is 17.4 Å². The molecule has 1 unspecified atom stereocenters. The summed E-state index contributed by atoms with van der Waals surface area (Å²) in [5, 5.41) is 11.7. The molecule has 8 heteroatoms. The Morgan fingerprint density at radius 1 is 1.10 bits per heavy atom. The van der Waals surface area contributed by atoms with Crippen molar-refractivity contribution in [2.24, 2.45) is 0 Å². The Morgan fingerprint density at radius 3 is 2.58 bits per heavy atom. The van der Waals surface area contributed by atoms with Crippen LogP contribution in [-0.2, 0) is 17.8 Å². The first-order valence-corrected chi connectivity index (χ1v) is 10.7. The summed E-state index contributed by atoms with van der Waals surface area (Å²) in [6.07, 6.45) is 2.13. The summed E-state index contributed by atoms with van der Waals surface area (Å²) in [4.78, 5) is 12.6. The predicted octanol–water partition coefficient (Wildman–Crippen LogP) is 4.39. The normalized spacial score (nSPS) is 11.9. The van der Waals surface area contributed by atoms with Gasteiger partial charge in [0.15, 0.2) is 5.16 Å². The van der Waals surface area contributed by atoms with Crippen LogP contribution in [0.4, 0.5) is 4.39 Å². The Morgan fingerprint density at radius 2 is 1.87 bits per heavy atom. The molecule has 0 saturated carbocycles. The molecule has 0 saturated heterocycles. The number of nitrogens with zero attached hydrogens (tertiary/aromatic N) is 3. The van der Waals surface area contributed by atoms with E-state index in [-0.39, 0.29) is 11.7 Å². The van der Waals surface area contributed by atoms with Gasteiger partial charge in [-0.05, 0) is 48.9 Å². The van der Waals surface area contributed by atoms with Gasteiger partial charge in [0, 0.05) is 12.1 Å². The lowest BCUT2D eigenvalue weighted by Gasteiger charge is -2.14. The van der Waals surface area contributed by atoms with Crippen LogP contribution in [-0.4, -0.2) is 25.9 Å². The summed E-state index contributed by atoms with van der Waals surface area (Å²) in [5.74, 6) is 0.939. The SMILES string of the molecule is CC(Sc1nnc(Cc2ccccc2)n1-c1ccc(F)cc1)C(=O)NCc1ccco1. The minimum absolute atomic E-state index is 0.139. The van der Waals surface area contributed by atoms with Gasteiger partial charge >= 0.3 is 0 Å². The van der Waals surface area contributed by atoms with E-state index < -0.39 is 5.25 Å². The monoisotopic (exact) mass is 436 g/mol. The van der Waals surface area contributed by atoms with E-state index in [4.69, 9.17) is 4.42 Å². The molecule has 0 spiro atoms. The summed E-state index contributed by atoms with van der Waals surface area (Å²) >= 11 is 1.30. The van der Waals surface area contributed by atoms with Crippen LogP contribution in [0.1, 0.15) is 24.1 Å². The van der Waals surface area contributed by atoms with Crippen molar-refractivity contribution >= 4 is 17.7 Å². The lowest BCUT2D eigenvalue weighted by atomic mass is 10.1. The van der Waals surface area contributed by atoms with Gasteiger partial charge < -0.3 is 9.73 Å². The Kier molecular flexibility index (Phi) is 6.47. The van der Waals surface area contributed by atoms with E-state index in [2.05, 4.69) is 15.5 Å². The summed E-state index contributed by atoms with van der Waals surface area (Å²) in [7, 11) is 0. The molecule has 1 atom stereocenters. The highest BCUT2D eigenvalue weighted by molar-refractivity contribution is 8.00. The van der Waals surface area contributed by atoms with E-state index in [0.717, 1.165) is 11.3 Å². The van der Waals surface area contributed by atoms with Gasteiger partial charge in [-0.3, -0.25) is 9.36 Å². The van der Waals surface area contributed by atoms with Gasteiger partial charge in [-0.1, -0.05) is 42.1 Å². The van der Waals surface area contributed by atoms with Crippen LogP contribution < -0.4 is 5.32 Å². The molecule has 1 amide bonds. The number of thioether (sulfide) groups is 1. The highest BCUT2D eigenvalue weighted by Gasteiger charge is 2.21. The van der Waals surface area contributed by atoms with Crippen molar-refractivity contribution in [3.05, 3.63) is 96.0 Å². The van der Waals surface area contributed by atoms with Crippen molar-refractivity contribution in [3.63, 3.8) is 0 Å². The molecule has 4 aromatic rings. The van der Waals surface area contributed by atoms with Crippen LogP contribution in [0, 0.1) is 5.82 Å². The van der Waals surface area contributed by atoms with E-state index in [1.165, 1.54) is 23.9 Å². The smallest absolute Gasteiger partial charge is 0.233 e. The number of carbonyl (C=O) groups excluding carboxylic acids is 1. The third-order valence-electron chi connectivity index (χ3n) is 4.66. The number of nitrogens with one attached hydrogen (secondary N) is 1. The highest BCUT2D eigenvalue weighted by atomic mass is 32.2. The first kappa shape index (κ1) is 20.9. The topological polar surface area (TPSA) is 73.0 Å². The number of halogens is 1. The molecule has 2 heterocycles. The van der Waals surface area contributed by atoms with E-state index in [0.29, 0.717) is 29.7 Å². The number of amides is 1. The zero-order chi connectivity index (χ0) is 21.6. The molecule has 1 N–H and O–H groups in total. The second-order valence-electron chi connectivity index (χ2n) is 6.93. The number of carbonyl (C=O) groups is 1. The van der Waals surface area contributed by atoms with Crippen LogP contribution in [0.2, 0.25) is 0 Å². The number of furan rings is 1. The molecular weight excluding hydrogens is 415 g/mol. The standard InChI is InChI=1S/C23H21FN4O2S/c1-16(22(29)25-15-20-8-5-13-30-20)31-23-27-26-21(14-17-6-3-2-4-7-17)28(23)19-11-9-18(24)10-12-19/h2-13,16H,14-15H2,1H3,(H,25,29). The van der Waals surface area contributed by atoms with Crippen molar-refractivity contribution in [1.29, 1.82) is 0 Å². The predicted molar refractivity (Wildman–Crippen MR) is 116 cm³/mol. The fraction of sp³-hybridized carbons (Fsp3) is 0.174. The second-order valence-corrected chi connectivity index (χ2v) is 8.24. The lowest BCUT2D eigenvalue weighted by Crippen LogP contribution is -2.30. The zero-order valence-corrected chi connectivity index (χ0v) is 17.7. The maximum Gasteiger partial charge on any atom is 0.233 e. The summed E-state index contributed by atoms with van der Waals surface area (Å²) < 4.78 is 20.6. The molecule has 2 aromatic heterocycles. The van der Waals surface area contributed by atoms with Crippen molar-refractivity contribution in [3.8, 4) is 5.69 Å². The van der Waals surface area contributed by atoms with Crippen LogP contribution in [0.25, 0.3) is 5.69 Å². The molecule has 0 radical (unpaired) electrons. The largest absolute Gasteiger partial charge is 0.467 e. The van der Waals surface area contributed by atoms with Crippen molar-refractivity contribution in [2.75, 3.05) is 0 Å². The van der Waals surface area contributed by atoms with Crippen molar-refractivity contribution in [2.45, 2.75) is 30.3 Å². The second kappa shape index (κ2) is 9.61. The number of benzene rings is 2. The van der Waals surface area contributed by atoms with E-state index in [1.807, 2.05) is 41.8 Å². The summed E-state index contributed by atoms with van der Waals surface area (Å²) in [5.41, 5.74) is 1.82. The van der Waals surface area contributed by atoms with Crippen LogP contribution in [0.3, 0.4) is 0 Å². The molecular formula is C23H21FN4O2S. The van der Waals surface area contributed by atoms with Gasteiger partial charge in [-0.2, -0.15) is 0 Å². The fourth-order valence-electron chi connectivity index (χ4n) is 3.06. The van der Waals surface area contributed by atoms with Gasteiger partial charge in [0.05, 0.1) is 18.1 Å². The molecule has 31 heavy (non-hydrogen) atoms. The number of rotatable bonds is 8. The molecule has 0 bridgehead atoms. The van der Waals surface area contributed by atoms with Gasteiger partial charge in [-0.25, -0.2) is 4.39 Å². The van der Waals surface area contributed by atoms with Gasteiger partial charge in [0.25, 0.3) is 0 Å². The van der Waals surface area contributed by atoms with E-state index in [1.54, 1.807) is 30.5 Å². The zero-order valence-electron chi connectivity index (χ0n) is 16.9. The van der Waals surface area contributed by atoms with Crippen LogP contribution >= 0.6 is 11.8 Å². The third kappa shape index (κ3) is 5.21. The Balaban J connectivity index is 1.56. The maximum absolute atomic E-state index is 13.5. The molecule has 0 aliphatic rings. The van der Waals surface area contributed by atoms with E-state index in [9.17, 15) is 9.18 Å². The lowest BCUT2D eigenvalue weighted by molar-refractivity contribution is -0.120. The number of hydrogen-bond donors (Lipinski definition) is 1. The Labute approximate surface area is 183 Å². The van der Waals surface area contributed by atoms with Gasteiger partial charge in [0.2, 0.25) is 5.91 Å². The minimum atomic E-state index is -0.414. The van der Waals surface area contributed by atoms with E-state index >= 15 is 0 Å². The molecule has 0 aliphatic carbocycles. The summed E-state index contributed by atoms with van der Waals surface area (Å²) in [6, 6.07) is 19.7. The average molecular weight is 437 g/mol. The number of aromatic nitrogens is 3.